The van der Waals surface area contributed by atoms with Gasteiger partial charge in [0.25, 0.3) is 0 Å². The maximum atomic E-state index is 12.2. The van der Waals surface area contributed by atoms with E-state index in [1.807, 2.05) is 25.1 Å². The van der Waals surface area contributed by atoms with Crippen molar-refractivity contribution in [1.82, 2.24) is 0 Å². The molecule has 1 aliphatic rings. The SMILES string of the molecule is Cc1cc(NC(=O)C2CCCCC2)ccc1C#CCN. The van der Waals surface area contributed by atoms with E-state index in [4.69, 9.17) is 5.73 Å². The average Bonchev–Trinajstić information content (AvgIpc) is 2.47. The molecule has 0 bridgehead atoms. The molecule has 0 atom stereocenters. The Morgan fingerprint density at radius 1 is 1.35 bits per heavy atom. The van der Waals surface area contributed by atoms with Crippen LogP contribution in [0.25, 0.3) is 0 Å². The Morgan fingerprint density at radius 2 is 2.10 bits per heavy atom. The highest BCUT2D eigenvalue weighted by molar-refractivity contribution is 5.92. The summed E-state index contributed by atoms with van der Waals surface area (Å²) in [5.74, 6) is 6.22. The van der Waals surface area contributed by atoms with Crippen LogP contribution in [0, 0.1) is 24.7 Å². The topological polar surface area (TPSA) is 55.1 Å². The summed E-state index contributed by atoms with van der Waals surface area (Å²) in [6.45, 7) is 2.36. The predicted molar refractivity (Wildman–Crippen MR) is 82.3 cm³/mol. The lowest BCUT2D eigenvalue weighted by Gasteiger charge is -2.20. The number of benzene rings is 1. The molecule has 0 unspecified atom stereocenters. The normalized spacial score (nSPS) is 15.3. The summed E-state index contributed by atoms with van der Waals surface area (Å²) in [7, 11) is 0. The molecule has 0 spiro atoms. The van der Waals surface area contributed by atoms with E-state index in [9.17, 15) is 4.79 Å². The van der Waals surface area contributed by atoms with Gasteiger partial charge in [0.15, 0.2) is 0 Å². The molecule has 1 aromatic rings. The number of nitrogens with one attached hydrogen (secondary N) is 1. The molecule has 0 radical (unpaired) electrons. The highest BCUT2D eigenvalue weighted by Crippen LogP contribution is 2.25. The van der Waals surface area contributed by atoms with Gasteiger partial charge in [-0.05, 0) is 43.5 Å². The molecule has 0 aromatic heterocycles. The molecule has 0 heterocycles. The summed E-state index contributed by atoms with van der Waals surface area (Å²) >= 11 is 0. The number of rotatable bonds is 2. The van der Waals surface area contributed by atoms with Gasteiger partial charge >= 0.3 is 0 Å². The molecule has 1 saturated carbocycles. The van der Waals surface area contributed by atoms with E-state index in [-0.39, 0.29) is 11.8 Å². The Balaban J connectivity index is 2.02. The molecule has 20 heavy (non-hydrogen) atoms. The van der Waals surface area contributed by atoms with E-state index in [0.29, 0.717) is 6.54 Å². The highest BCUT2D eigenvalue weighted by Gasteiger charge is 2.20. The number of hydrogen-bond donors (Lipinski definition) is 2. The van der Waals surface area contributed by atoms with Gasteiger partial charge in [-0.3, -0.25) is 4.79 Å². The number of aryl methyl sites for hydroxylation is 1. The minimum absolute atomic E-state index is 0.157. The lowest BCUT2D eigenvalue weighted by Crippen LogP contribution is -2.24. The van der Waals surface area contributed by atoms with Crippen molar-refractivity contribution in [3.8, 4) is 11.8 Å². The number of hydrogen-bond acceptors (Lipinski definition) is 2. The fourth-order valence-electron chi connectivity index (χ4n) is 2.64. The van der Waals surface area contributed by atoms with Crippen LogP contribution in [0.3, 0.4) is 0 Å². The van der Waals surface area contributed by atoms with Crippen LogP contribution in [0.15, 0.2) is 18.2 Å². The largest absolute Gasteiger partial charge is 0.326 e. The zero-order valence-corrected chi connectivity index (χ0v) is 12.0. The van der Waals surface area contributed by atoms with Crippen LogP contribution in [-0.2, 0) is 4.79 Å². The maximum absolute atomic E-state index is 12.2. The van der Waals surface area contributed by atoms with Crippen LogP contribution in [0.2, 0.25) is 0 Å². The Labute approximate surface area is 120 Å². The molecule has 106 valence electrons. The smallest absolute Gasteiger partial charge is 0.227 e. The molecule has 0 aliphatic heterocycles. The van der Waals surface area contributed by atoms with Crippen molar-refractivity contribution in [2.45, 2.75) is 39.0 Å². The standard InChI is InChI=1S/C17H22N2O/c1-13-12-16(10-9-14(13)8-5-11-18)19-17(20)15-6-3-2-4-7-15/h9-10,12,15H,2-4,6-7,11,18H2,1H3,(H,19,20). The van der Waals surface area contributed by atoms with Gasteiger partial charge < -0.3 is 11.1 Å². The zero-order chi connectivity index (χ0) is 14.4. The molecule has 3 nitrogen and oxygen atoms in total. The molecule has 1 fully saturated rings. The summed E-state index contributed by atoms with van der Waals surface area (Å²) in [4.78, 5) is 12.2. The third-order valence-electron chi connectivity index (χ3n) is 3.80. The summed E-state index contributed by atoms with van der Waals surface area (Å²) in [6, 6.07) is 5.82. The number of amides is 1. The third-order valence-corrected chi connectivity index (χ3v) is 3.80. The fourth-order valence-corrected chi connectivity index (χ4v) is 2.64. The minimum Gasteiger partial charge on any atom is -0.326 e. The molecule has 1 amide bonds. The average molecular weight is 270 g/mol. The van der Waals surface area contributed by atoms with E-state index in [0.717, 1.165) is 29.7 Å². The van der Waals surface area contributed by atoms with Gasteiger partial charge in [0, 0.05) is 17.2 Å². The van der Waals surface area contributed by atoms with Crippen LogP contribution in [-0.4, -0.2) is 12.5 Å². The van der Waals surface area contributed by atoms with Crippen LogP contribution < -0.4 is 11.1 Å². The van der Waals surface area contributed by atoms with Gasteiger partial charge in [0.2, 0.25) is 5.91 Å². The van der Waals surface area contributed by atoms with Gasteiger partial charge in [-0.25, -0.2) is 0 Å². The van der Waals surface area contributed by atoms with Gasteiger partial charge in [-0.1, -0.05) is 31.1 Å². The second kappa shape index (κ2) is 7.12. The van der Waals surface area contributed by atoms with Crippen molar-refractivity contribution in [2.24, 2.45) is 11.7 Å². The van der Waals surface area contributed by atoms with Crippen LogP contribution >= 0.6 is 0 Å². The van der Waals surface area contributed by atoms with E-state index in [1.54, 1.807) is 0 Å². The van der Waals surface area contributed by atoms with Crippen molar-refractivity contribution in [3.05, 3.63) is 29.3 Å². The van der Waals surface area contributed by atoms with Gasteiger partial charge in [0.1, 0.15) is 0 Å². The van der Waals surface area contributed by atoms with Crippen LogP contribution in [0.1, 0.15) is 43.2 Å². The first-order valence-corrected chi connectivity index (χ1v) is 7.31. The first-order chi connectivity index (χ1) is 9.70. The molecule has 1 aliphatic carbocycles. The molecule has 3 N–H and O–H groups in total. The third kappa shape index (κ3) is 3.85. The van der Waals surface area contributed by atoms with Crippen molar-refractivity contribution in [3.63, 3.8) is 0 Å². The summed E-state index contributed by atoms with van der Waals surface area (Å²) in [6.07, 6.45) is 5.64. The summed E-state index contributed by atoms with van der Waals surface area (Å²) in [5.41, 5.74) is 8.26. The Bertz CT molecular complexity index is 534. The van der Waals surface area contributed by atoms with Crippen molar-refractivity contribution < 1.29 is 4.79 Å². The number of nitrogens with two attached hydrogens (primary N) is 1. The Hall–Kier alpha value is -1.79. The van der Waals surface area contributed by atoms with Gasteiger partial charge in [0.05, 0.1) is 6.54 Å². The number of carbonyl (C=O) groups is 1. The van der Waals surface area contributed by atoms with Crippen molar-refractivity contribution in [1.29, 1.82) is 0 Å². The van der Waals surface area contributed by atoms with Crippen LogP contribution in [0.5, 0.6) is 0 Å². The molecule has 3 heteroatoms. The van der Waals surface area contributed by atoms with Crippen molar-refractivity contribution >= 4 is 11.6 Å². The lowest BCUT2D eigenvalue weighted by atomic mass is 9.88. The monoisotopic (exact) mass is 270 g/mol. The second-order valence-corrected chi connectivity index (χ2v) is 5.36. The van der Waals surface area contributed by atoms with Gasteiger partial charge in [-0.2, -0.15) is 0 Å². The second-order valence-electron chi connectivity index (χ2n) is 5.36. The lowest BCUT2D eigenvalue weighted by molar-refractivity contribution is -0.120. The number of carbonyl (C=O) groups excluding carboxylic acids is 1. The van der Waals surface area contributed by atoms with E-state index < -0.39 is 0 Å². The molecule has 1 aromatic carbocycles. The molecular formula is C17H22N2O. The number of anilines is 1. The van der Waals surface area contributed by atoms with Crippen LogP contribution in [0.4, 0.5) is 5.69 Å². The van der Waals surface area contributed by atoms with Gasteiger partial charge in [-0.15, -0.1) is 0 Å². The fraction of sp³-hybridized carbons (Fsp3) is 0.471. The maximum Gasteiger partial charge on any atom is 0.227 e. The summed E-state index contributed by atoms with van der Waals surface area (Å²) in [5, 5.41) is 3.02. The predicted octanol–water partition coefficient (Wildman–Crippen LogP) is 2.82. The van der Waals surface area contributed by atoms with Crippen molar-refractivity contribution in [2.75, 3.05) is 11.9 Å². The minimum atomic E-state index is 0.157. The van der Waals surface area contributed by atoms with E-state index >= 15 is 0 Å². The molecular weight excluding hydrogens is 248 g/mol. The molecule has 0 saturated heterocycles. The van der Waals surface area contributed by atoms with E-state index in [2.05, 4.69) is 17.2 Å². The highest BCUT2D eigenvalue weighted by atomic mass is 16.1. The Morgan fingerprint density at radius 3 is 2.75 bits per heavy atom. The molecule has 2 rings (SSSR count). The summed E-state index contributed by atoms with van der Waals surface area (Å²) < 4.78 is 0. The zero-order valence-electron chi connectivity index (χ0n) is 12.0. The first-order valence-electron chi connectivity index (χ1n) is 7.31. The first kappa shape index (κ1) is 14.6. The quantitative estimate of drug-likeness (QED) is 0.812. The Kier molecular flexibility index (Phi) is 5.20. The van der Waals surface area contributed by atoms with E-state index in [1.165, 1.54) is 19.3 Å².